The van der Waals surface area contributed by atoms with Crippen molar-refractivity contribution >= 4 is 35.6 Å². The lowest BCUT2D eigenvalue weighted by Gasteiger charge is -2.21. The molecule has 0 saturated carbocycles. The van der Waals surface area contributed by atoms with Gasteiger partial charge in [0.25, 0.3) is 0 Å². The van der Waals surface area contributed by atoms with Crippen molar-refractivity contribution in [2.45, 2.75) is 18.9 Å². The smallest absolute Gasteiger partial charge is 0.191 e. The molecule has 1 atom stereocenters. The van der Waals surface area contributed by atoms with Gasteiger partial charge in [-0.15, -0.1) is 24.0 Å². The lowest BCUT2D eigenvalue weighted by Crippen LogP contribution is -2.45. The van der Waals surface area contributed by atoms with Gasteiger partial charge >= 0.3 is 0 Å². The molecule has 1 aliphatic rings. The Labute approximate surface area is 175 Å². The second kappa shape index (κ2) is 9.86. The van der Waals surface area contributed by atoms with Crippen LogP contribution < -0.4 is 15.5 Å². The van der Waals surface area contributed by atoms with Crippen LogP contribution in [-0.4, -0.2) is 48.5 Å². The van der Waals surface area contributed by atoms with Crippen LogP contribution in [0.4, 0.5) is 14.5 Å². The Kier molecular flexibility index (Phi) is 7.81. The number of anilines is 1. The normalized spacial score (nSPS) is 17.0. The lowest BCUT2D eigenvalue weighted by atomic mass is 10.2. The van der Waals surface area contributed by atoms with Crippen LogP contribution in [0.1, 0.15) is 12.0 Å². The molecule has 0 radical (unpaired) electrons. The van der Waals surface area contributed by atoms with Crippen LogP contribution in [0.3, 0.4) is 0 Å². The van der Waals surface area contributed by atoms with Crippen LogP contribution in [0.5, 0.6) is 0 Å². The SMILES string of the molecule is CN=C(NCCc1cnn(C)c1)NC1CCN(c2ccc(F)cc2F)C1.I. The zero-order valence-corrected chi connectivity index (χ0v) is 17.8. The summed E-state index contributed by atoms with van der Waals surface area (Å²) in [5, 5.41) is 10.8. The Hall–Kier alpha value is -1.91. The third-order valence-corrected chi connectivity index (χ3v) is 4.47. The molecule has 0 bridgehead atoms. The summed E-state index contributed by atoms with van der Waals surface area (Å²) in [6.45, 7) is 2.10. The third kappa shape index (κ3) is 5.78. The maximum atomic E-state index is 13.9. The Morgan fingerprint density at radius 1 is 1.37 bits per heavy atom. The van der Waals surface area contributed by atoms with Gasteiger partial charge in [0.05, 0.1) is 11.9 Å². The minimum absolute atomic E-state index is 0. The van der Waals surface area contributed by atoms with Gasteiger partial charge in [-0.1, -0.05) is 0 Å². The Morgan fingerprint density at radius 3 is 2.85 bits per heavy atom. The van der Waals surface area contributed by atoms with Gasteiger partial charge < -0.3 is 15.5 Å². The molecule has 1 unspecified atom stereocenters. The zero-order valence-electron chi connectivity index (χ0n) is 15.5. The van der Waals surface area contributed by atoms with Gasteiger partial charge in [-0.3, -0.25) is 9.67 Å². The molecule has 1 aromatic carbocycles. The van der Waals surface area contributed by atoms with Crippen molar-refractivity contribution in [3.05, 3.63) is 47.8 Å². The highest BCUT2D eigenvalue weighted by atomic mass is 127. The maximum Gasteiger partial charge on any atom is 0.191 e. The second-order valence-corrected chi connectivity index (χ2v) is 6.44. The van der Waals surface area contributed by atoms with Crippen molar-refractivity contribution in [2.75, 3.05) is 31.6 Å². The number of hydrogen-bond donors (Lipinski definition) is 2. The molecule has 6 nitrogen and oxygen atoms in total. The topological polar surface area (TPSA) is 57.5 Å². The van der Waals surface area contributed by atoms with E-state index in [1.165, 1.54) is 12.1 Å². The molecule has 1 saturated heterocycles. The summed E-state index contributed by atoms with van der Waals surface area (Å²) >= 11 is 0. The van der Waals surface area contributed by atoms with Gasteiger partial charge in [-0.05, 0) is 30.5 Å². The molecular formula is C18H25F2IN6. The van der Waals surface area contributed by atoms with Crippen LogP contribution in [0.2, 0.25) is 0 Å². The lowest BCUT2D eigenvalue weighted by molar-refractivity contribution is 0.580. The molecule has 0 aliphatic carbocycles. The quantitative estimate of drug-likeness (QED) is 0.384. The van der Waals surface area contributed by atoms with Crippen LogP contribution in [0.25, 0.3) is 0 Å². The van der Waals surface area contributed by atoms with E-state index in [0.29, 0.717) is 18.8 Å². The molecule has 2 heterocycles. The number of nitrogens with one attached hydrogen (secondary N) is 2. The van der Waals surface area contributed by atoms with Gasteiger partial charge in [0.15, 0.2) is 5.96 Å². The summed E-state index contributed by atoms with van der Waals surface area (Å²) < 4.78 is 28.8. The largest absolute Gasteiger partial charge is 0.367 e. The summed E-state index contributed by atoms with van der Waals surface area (Å²) in [5.41, 5.74) is 1.60. The van der Waals surface area contributed by atoms with Crippen molar-refractivity contribution in [3.63, 3.8) is 0 Å². The molecular weight excluding hydrogens is 465 g/mol. The van der Waals surface area contributed by atoms with E-state index in [-0.39, 0.29) is 30.0 Å². The molecule has 1 fully saturated rings. The van der Waals surface area contributed by atoms with E-state index >= 15 is 0 Å². The average molecular weight is 490 g/mol. The number of nitrogens with zero attached hydrogens (tertiary/aromatic N) is 4. The summed E-state index contributed by atoms with van der Waals surface area (Å²) in [7, 11) is 3.62. The van der Waals surface area contributed by atoms with Crippen LogP contribution in [0.15, 0.2) is 35.6 Å². The molecule has 2 aromatic rings. The van der Waals surface area contributed by atoms with E-state index in [9.17, 15) is 8.78 Å². The van der Waals surface area contributed by atoms with Crippen molar-refractivity contribution in [3.8, 4) is 0 Å². The molecule has 1 aliphatic heterocycles. The fourth-order valence-corrected chi connectivity index (χ4v) is 3.15. The first kappa shape index (κ1) is 21.4. The highest BCUT2D eigenvalue weighted by molar-refractivity contribution is 14.0. The van der Waals surface area contributed by atoms with E-state index in [0.717, 1.165) is 37.0 Å². The molecule has 0 spiro atoms. The second-order valence-electron chi connectivity index (χ2n) is 6.44. The first-order valence-corrected chi connectivity index (χ1v) is 8.70. The van der Waals surface area contributed by atoms with E-state index in [4.69, 9.17) is 0 Å². The molecule has 0 amide bonds. The van der Waals surface area contributed by atoms with Crippen LogP contribution >= 0.6 is 24.0 Å². The number of hydrogen-bond acceptors (Lipinski definition) is 3. The number of aromatic nitrogens is 2. The summed E-state index contributed by atoms with van der Waals surface area (Å²) in [5.74, 6) is -0.358. The number of aryl methyl sites for hydroxylation is 1. The van der Waals surface area contributed by atoms with Gasteiger partial charge in [0.2, 0.25) is 0 Å². The molecule has 3 rings (SSSR count). The van der Waals surface area contributed by atoms with Gasteiger partial charge in [-0.2, -0.15) is 5.10 Å². The third-order valence-electron chi connectivity index (χ3n) is 4.47. The molecule has 1 aromatic heterocycles. The molecule has 148 valence electrons. The molecule has 2 N–H and O–H groups in total. The minimum atomic E-state index is -0.557. The fourth-order valence-electron chi connectivity index (χ4n) is 3.15. The summed E-state index contributed by atoms with van der Waals surface area (Å²) in [6, 6.07) is 3.87. The molecule has 9 heteroatoms. The Bertz CT molecular complexity index is 779. The van der Waals surface area contributed by atoms with Gasteiger partial charge in [0, 0.05) is 52.0 Å². The predicted molar refractivity (Wildman–Crippen MR) is 114 cm³/mol. The van der Waals surface area contributed by atoms with E-state index in [1.54, 1.807) is 11.7 Å². The minimum Gasteiger partial charge on any atom is -0.367 e. The number of benzene rings is 1. The van der Waals surface area contributed by atoms with Gasteiger partial charge in [0.1, 0.15) is 11.6 Å². The predicted octanol–water partition coefficient (Wildman–Crippen LogP) is 2.30. The van der Waals surface area contributed by atoms with Crippen molar-refractivity contribution in [1.82, 2.24) is 20.4 Å². The number of guanidine groups is 1. The number of aliphatic imine (C=N–C) groups is 1. The summed E-state index contributed by atoms with van der Waals surface area (Å²) in [6.07, 6.45) is 5.56. The standard InChI is InChI=1S/C18H24F2N6.HI/c1-21-18(22-7-5-13-10-23-25(2)11-13)24-15-6-8-26(12-15)17-4-3-14(19)9-16(17)20;/h3-4,9-11,15H,5-8,12H2,1-2H3,(H2,21,22,24);1H. The number of rotatable bonds is 5. The van der Waals surface area contributed by atoms with Gasteiger partial charge in [-0.25, -0.2) is 8.78 Å². The fraction of sp³-hybridized carbons (Fsp3) is 0.444. The van der Waals surface area contributed by atoms with E-state index in [2.05, 4.69) is 20.7 Å². The number of halogens is 3. The highest BCUT2D eigenvalue weighted by Crippen LogP contribution is 2.24. The average Bonchev–Trinajstić information content (AvgIpc) is 3.23. The van der Waals surface area contributed by atoms with Crippen molar-refractivity contribution < 1.29 is 8.78 Å². The Morgan fingerprint density at radius 2 is 2.19 bits per heavy atom. The Balaban J connectivity index is 0.00000261. The highest BCUT2D eigenvalue weighted by Gasteiger charge is 2.25. The summed E-state index contributed by atoms with van der Waals surface area (Å²) in [4.78, 5) is 6.17. The first-order valence-electron chi connectivity index (χ1n) is 8.70. The van der Waals surface area contributed by atoms with E-state index in [1.807, 2.05) is 24.3 Å². The molecule has 27 heavy (non-hydrogen) atoms. The van der Waals surface area contributed by atoms with Crippen molar-refractivity contribution in [2.24, 2.45) is 12.0 Å². The zero-order chi connectivity index (χ0) is 18.5. The maximum absolute atomic E-state index is 13.9. The van der Waals surface area contributed by atoms with E-state index < -0.39 is 11.6 Å². The van der Waals surface area contributed by atoms with Crippen molar-refractivity contribution in [1.29, 1.82) is 0 Å². The van der Waals surface area contributed by atoms with Crippen LogP contribution in [-0.2, 0) is 13.5 Å². The monoisotopic (exact) mass is 490 g/mol. The first-order chi connectivity index (χ1) is 12.5. The van der Waals surface area contributed by atoms with Crippen LogP contribution in [0, 0.1) is 11.6 Å².